The van der Waals surface area contributed by atoms with E-state index in [0.717, 1.165) is 11.4 Å². The molecular formula is C13H12ClFN2O. The molecule has 0 amide bonds. The standard InChI is InChI=1S/C13H12ClFN2O/c1-7-4-5-10(6-11(7)15)18-13-12(14)16-8(2)9(3)17-13/h4-6H,1-3H3. The maximum atomic E-state index is 13.4. The highest BCUT2D eigenvalue weighted by Crippen LogP contribution is 2.27. The van der Waals surface area contributed by atoms with E-state index in [9.17, 15) is 4.39 Å². The van der Waals surface area contributed by atoms with E-state index in [1.54, 1.807) is 26.0 Å². The fraction of sp³-hybridized carbons (Fsp3) is 0.231. The average Bonchev–Trinajstić information content (AvgIpc) is 2.31. The number of rotatable bonds is 2. The van der Waals surface area contributed by atoms with Gasteiger partial charge in [-0.15, -0.1) is 0 Å². The first-order valence-corrected chi connectivity index (χ1v) is 5.80. The number of aromatic nitrogens is 2. The molecule has 0 aliphatic carbocycles. The minimum Gasteiger partial charge on any atom is -0.436 e. The van der Waals surface area contributed by atoms with Crippen LogP contribution in [-0.4, -0.2) is 9.97 Å². The number of hydrogen-bond acceptors (Lipinski definition) is 3. The molecule has 0 aliphatic rings. The van der Waals surface area contributed by atoms with Crippen LogP contribution in [0.4, 0.5) is 4.39 Å². The molecule has 2 aromatic rings. The second kappa shape index (κ2) is 4.90. The van der Waals surface area contributed by atoms with E-state index in [0.29, 0.717) is 11.3 Å². The number of benzene rings is 1. The van der Waals surface area contributed by atoms with Crippen molar-refractivity contribution in [3.05, 3.63) is 46.1 Å². The molecule has 0 radical (unpaired) electrons. The predicted molar refractivity (Wildman–Crippen MR) is 67.7 cm³/mol. The van der Waals surface area contributed by atoms with Gasteiger partial charge in [-0.1, -0.05) is 17.7 Å². The van der Waals surface area contributed by atoms with Crippen LogP contribution in [0.25, 0.3) is 0 Å². The van der Waals surface area contributed by atoms with Gasteiger partial charge in [0.15, 0.2) is 5.15 Å². The molecule has 18 heavy (non-hydrogen) atoms. The predicted octanol–water partition coefficient (Wildman–Crippen LogP) is 3.99. The SMILES string of the molecule is Cc1ccc(Oc2nc(C)c(C)nc2Cl)cc1F. The summed E-state index contributed by atoms with van der Waals surface area (Å²) in [5.41, 5.74) is 2.02. The van der Waals surface area contributed by atoms with Gasteiger partial charge in [0.2, 0.25) is 0 Å². The molecule has 0 atom stereocenters. The summed E-state index contributed by atoms with van der Waals surface area (Å²) < 4.78 is 18.8. The molecule has 0 N–H and O–H groups in total. The fourth-order valence-corrected chi connectivity index (χ4v) is 1.58. The van der Waals surface area contributed by atoms with Gasteiger partial charge in [0.1, 0.15) is 11.6 Å². The molecule has 0 unspecified atom stereocenters. The molecule has 94 valence electrons. The zero-order chi connectivity index (χ0) is 13.3. The van der Waals surface area contributed by atoms with Crippen LogP contribution in [0.2, 0.25) is 5.15 Å². The van der Waals surface area contributed by atoms with Gasteiger partial charge in [-0.2, -0.15) is 0 Å². The summed E-state index contributed by atoms with van der Waals surface area (Å²) in [4.78, 5) is 8.27. The zero-order valence-corrected chi connectivity index (χ0v) is 11.0. The Kier molecular flexibility index (Phi) is 3.48. The van der Waals surface area contributed by atoms with Crippen LogP contribution in [0.1, 0.15) is 17.0 Å². The third-order valence-electron chi connectivity index (χ3n) is 2.59. The Morgan fingerprint density at radius 3 is 2.44 bits per heavy atom. The van der Waals surface area contributed by atoms with Crippen molar-refractivity contribution in [3.8, 4) is 11.6 Å². The smallest absolute Gasteiger partial charge is 0.257 e. The van der Waals surface area contributed by atoms with E-state index in [4.69, 9.17) is 16.3 Å². The van der Waals surface area contributed by atoms with Gasteiger partial charge in [-0.25, -0.2) is 14.4 Å². The average molecular weight is 267 g/mol. The third-order valence-corrected chi connectivity index (χ3v) is 2.84. The Morgan fingerprint density at radius 2 is 1.78 bits per heavy atom. The molecule has 1 heterocycles. The normalized spacial score (nSPS) is 10.5. The van der Waals surface area contributed by atoms with Gasteiger partial charge >= 0.3 is 0 Å². The number of nitrogens with zero attached hydrogens (tertiary/aromatic N) is 2. The molecule has 1 aromatic heterocycles. The Bertz CT molecular complexity index is 602. The maximum absolute atomic E-state index is 13.4. The highest BCUT2D eigenvalue weighted by molar-refractivity contribution is 6.30. The molecular weight excluding hydrogens is 255 g/mol. The summed E-state index contributed by atoms with van der Waals surface area (Å²) in [6, 6.07) is 4.58. The van der Waals surface area contributed by atoms with Crippen LogP contribution >= 0.6 is 11.6 Å². The molecule has 5 heteroatoms. The van der Waals surface area contributed by atoms with Crippen molar-refractivity contribution in [1.82, 2.24) is 9.97 Å². The maximum Gasteiger partial charge on any atom is 0.257 e. The first-order valence-electron chi connectivity index (χ1n) is 5.42. The van der Waals surface area contributed by atoms with E-state index in [1.807, 2.05) is 6.92 Å². The van der Waals surface area contributed by atoms with Crippen molar-refractivity contribution in [2.45, 2.75) is 20.8 Å². The Hall–Kier alpha value is -1.68. The van der Waals surface area contributed by atoms with E-state index in [2.05, 4.69) is 9.97 Å². The van der Waals surface area contributed by atoms with Crippen LogP contribution in [0.5, 0.6) is 11.6 Å². The lowest BCUT2D eigenvalue weighted by Gasteiger charge is -2.08. The largest absolute Gasteiger partial charge is 0.436 e. The lowest BCUT2D eigenvalue weighted by atomic mass is 10.2. The van der Waals surface area contributed by atoms with Crippen molar-refractivity contribution in [2.24, 2.45) is 0 Å². The Balaban J connectivity index is 2.34. The van der Waals surface area contributed by atoms with Crippen LogP contribution in [0.3, 0.4) is 0 Å². The second-order valence-electron chi connectivity index (χ2n) is 4.00. The molecule has 0 spiro atoms. The molecule has 0 aliphatic heterocycles. The topological polar surface area (TPSA) is 35.0 Å². The zero-order valence-electron chi connectivity index (χ0n) is 10.3. The van der Waals surface area contributed by atoms with Crippen molar-refractivity contribution in [2.75, 3.05) is 0 Å². The quantitative estimate of drug-likeness (QED) is 0.824. The summed E-state index contributed by atoms with van der Waals surface area (Å²) >= 11 is 5.93. The summed E-state index contributed by atoms with van der Waals surface area (Å²) in [5, 5.41) is 0.166. The summed E-state index contributed by atoms with van der Waals surface area (Å²) in [6.07, 6.45) is 0. The van der Waals surface area contributed by atoms with E-state index in [1.165, 1.54) is 6.07 Å². The number of halogens is 2. The second-order valence-corrected chi connectivity index (χ2v) is 4.36. The molecule has 0 saturated carbocycles. The number of hydrogen-bond donors (Lipinski definition) is 0. The van der Waals surface area contributed by atoms with Crippen LogP contribution in [0, 0.1) is 26.6 Å². The van der Waals surface area contributed by atoms with E-state index < -0.39 is 0 Å². The highest BCUT2D eigenvalue weighted by Gasteiger charge is 2.10. The van der Waals surface area contributed by atoms with Gasteiger partial charge < -0.3 is 4.74 Å². The fourth-order valence-electron chi connectivity index (χ4n) is 1.37. The van der Waals surface area contributed by atoms with Gasteiger partial charge in [0.05, 0.1) is 11.4 Å². The van der Waals surface area contributed by atoms with Gasteiger partial charge in [-0.05, 0) is 32.4 Å². The van der Waals surface area contributed by atoms with Gasteiger partial charge in [0.25, 0.3) is 5.88 Å². The van der Waals surface area contributed by atoms with Gasteiger partial charge in [0, 0.05) is 6.07 Å². The summed E-state index contributed by atoms with van der Waals surface area (Å²) in [5.74, 6) is 0.195. The van der Waals surface area contributed by atoms with Gasteiger partial charge in [-0.3, -0.25) is 0 Å². The lowest BCUT2D eigenvalue weighted by molar-refractivity contribution is 0.453. The third kappa shape index (κ3) is 2.59. The van der Waals surface area contributed by atoms with Crippen molar-refractivity contribution in [3.63, 3.8) is 0 Å². The number of ether oxygens (including phenoxy) is 1. The van der Waals surface area contributed by atoms with Crippen LogP contribution in [-0.2, 0) is 0 Å². The highest BCUT2D eigenvalue weighted by atomic mass is 35.5. The van der Waals surface area contributed by atoms with Crippen molar-refractivity contribution in [1.29, 1.82) is 0 Å². The summed E-state index contributed by atoms with van der Waals surface area (Å²) in [7, 11) is 0. The Morgan fingerprint density at radius 1 is 1.11 bits per heavy atom. The molecule has 2 rings (SSSR count). The monoisotopic (exact) mass is 266 g/mol. The van der Waals surface area contributed by atoms with Crippen LogP contribution in [0.15, 0.2) is 18.2 Å². The molecule has 3 nitrogen and oxygen atoms in total. The van der Waals surface area contributed by atoms with Crippen molar-refractivity contribution >= 4 is 11.6 Å². The molecule has 0 fully saturated rings. The van der Waals surface area contributed by atoms with Crippen molar-refractivity contribution < 1.29 is 9.13 Å². The molecule has 1 aromatic carbocycles. The Labute approximate surface area is 110 Å². The van der Waals surface area contributed by atoms with E-state index >= 15 is 0 Å². The number of aryl methyl sites for hydroxylation is 3. The first-order chi connectivity index (χ1) is 8.47. The van der Waals surface area contributed by atoms with E-state index in [-0.39, 0.29) is 16.9 Å². The minimum absolute atomic E-state index is 0.166. The summed E-state index contributed by atoms with van der Waals surface area (Å²) in [6.45, 7) is 5.30. The lowest BCUT2D eigenvalue weighted by Crippen LogP contribution is -1.97. The molecule has 0 bridgehead atoms. The minimum atomic E-state index is -0.333. The first kappa shape index (κ1) is 12.8. The molecule has 0 saturated heterocycles. The van der Waals surface area contributed by atoms with Crippen LogP contribution < -0.4 is 4.74 Å².